The molecule has 3 N–H and O–H groups in total. The second-order valence-corrected chi connectivity index (χ2v) is 8.53. The molecule has 1 heterocycles. The molecule has 0 aliphatic heterocycles. The van der Waals surface area contributed by atoms with Gasteiger partial charge in [-0.05, 0) is 48.5 Å². The van der Waals surface area contributed by atoms with Crippen LogP contribution in [0.2, 0.25) is 0 Å². The van der Waals surface area contributed by atoms with Crippen LogP contribution >= 0.6 is 11.3 Å². The second-order valence-electron chi connectivity index (χ2n) is 5.54. The van der Waals surface area contributed by atoms with Crippen LogP contribution in [0.5, 0.6) is 0 Å². The SMILES string of the molecule is O=C(O)c1ccc(S(=O)(=O)Nc2ccccc2C(=O)Nc2ccc(F)cc2)s1. The van der Waals surface area contributed by atoms with Gasteiger partial charge < -0.3 is 10.4 Å². The monoisotopic (exact) mass is 420 g/mol. The predicted molar refractivity (Wildman–Crippen MR) is 103 cm³/mol. The fraction of sp³-hybridized carbons (Fsp3) is 0. The molecule has 1 amide bonds. The van der Waals surface area contributed by atoms with Gasteiger partial charge in [0.05, 0.1) is 11.3 Å². The van der Waals surface area contributed by atoms with E-state index in [0.29, 0.717) is 17.0 Å². The Balaban J connectivity index is 1.85. The molecule has 7 nitrogen and oxygen atoms in total. The second kappa shape index (κ2) is 7.79. The van der Waals surface area contributed by atoms with Gasteiger partial charge in [0, 0.05) is 5.69 Å². The Bertz CT molecular complexity index is 1140. The van der Waals surface area contributed by atoms with Crippen LogP contribution in [-0.2, 0) is 10.0 Å². The molecule has 3 aromatic rings. The standard InChI is InChI=1S/C18H13FN2O5S2/c19-11-5-7-12(8-6-11)20-17(22)13-3-1-2-4-14(13)21-28(25,26)16-10-9-15(27-16)18(23)24/h1-10,21H,(H,20,22)(H,23,24). The quantitative estimate of drug-likeness (QED) is 0.564. The zero-order valence-corrected chi connectivity index (χ0v) is 15.7. The zero-order valence-electron chi connectivity index (χ0n) is 14.0. The number of amides is 1. The van der Waals surface area contributed by atoms with E-state index in [1.54, 1.807) is 12.1 Å². The number of sulfonamides is 1. The maximum Gasteiger partial charge on any atom is 0.345 e. The summed E-state index contributed by atoms with van der Waals surface area (Å²) in [6.45, 7) is 0. The summed E-state index contributed by atoms with van der Waals surface area (Å²) in [5.74, 6) is -2.28. The first-order chi connectivity index (χ1) is 13.3. The Morgan fingerprint density at radius 1 is 0.964 bits per heavy atom. The van der Waals surface area contributed by atoms with Crippen molar-refractivity contribution >= 4 is 44.6 Å². The van der Waals surface area contributed by atoms with E-state index in [0.717, 1.165) is 0 Å². The molecule has 144 valence electrons. The molecular weight excluding hydrogens is 407 g/mol. The van der Waals surface area contributed by atoms with E-state index in [4.69, 9.17) is 5.11 Å². The minimum atomic E-state index is -4.08. The highest BCUT2D eigenvalue weighted by atomic mass is 32.2. The number of nitrogens with one attached hydrogen (secondary N) is 2. The third kappa shape index (κ3) is 4.35. The van der Waals surface area contributed by atoms with Crippen LogP contribution in [0.25, 0.3) is 0 Å². The van der Waals surface area contributed by atoms with Crippen LogP contribution < -0.4 is 10.0 Å². The first-order valence-corrected chi connectivity index (χ1v) is 10.1. The number of halogens is 1. The van der Waals surface area contributed by atoms with Crippen LogP contribution in [0.1, 0.15) is 20.0 Å². The number of hydrogen-bond acceptors (Lipinski definition) is 5. The number of hydrogen-bond donors (Lipinski definition) is 3. The molecule has 0 atom stereocenters. The number of carbonyl (C=O) groups excluding carboxylic acids is 1. The Morgan fingerprint density at radius 3 is 2.29 bits per heavy atom. The maximum atomic E-state index is 13.0. The normalized spacial score (nSPS) is 11.0. The molecule has 0 spiro atoms. The van der Waals surface area contributed by atoms with Gasteiger partial charge in [-0.15, -0.1) is 11.3 Å². The first kappa shape index (κ1) is 19.5. The summed E-state index contributed by atoms with van der Waals surface area (Å²) in [6, 6.07) is 13.4. The highest BCUT2D eigenvalue weighted by Gasteiger charge is 2.21. The molecule has 0 saturated carbocycles. The molecule has 0 aliphatic rings. The molecule has 10 heteroatoms. The van der Waals surface area contributed by atoms with E-state index < -0.39 is 27.7 Å². The molecule has 0 saturated heterocycles. The van der Waals surface area contributed by atoms with Gasteiger partial charge in [0.2, 0.25) is 0 Å². The summed E-state index contributed by atoms with van der Waals surface area (Å²) in [4.78, 5) is 23.4. The summed E-state index contributed by atoms with van der Waals surface area (Å²) in [5, 5.41) is 11.5. The molecule has 0 radical (unpaired) electrons. The summed E-state index contributed by atoms with van der Waals surface area (Å²) in [6.07, 6.45) is 0. The topological polar surface area (TPSA) is 113 Å². The van der Waals surface area contributed by atoms with E-state index in [9.17, 15) is 22.4 Å². The summed E-state index contributed by atoms with van der Waals surface area (Å²) < 4.78 is 40.2. The average molecular weight is 420 g/mol. The summed E-state index contributed by atoms with van der Waals surface area (Å²) in [5.41, 5.74) is 0.409. The first-order valence-electron chi connectivity index (χ1n) is 7.78. The van der Waals surface area contributed by atoms with Gasteiger partial charge in [-0.3, -0.25) is 9.52 Å². The van der Waals surface area contributed by atoms with Crippen molar-refractivity contribution in [2.45, 2.75) is 4.21 Å². The minimum absolute atomic E-state index is 0.0207. The van der Waals surface area contributed by atoms with Crippen molar-refractivity contribution in [1.82, 2.24) is 0 Å². The van der Waals surface area contributed by atoms with Gasteiger partial charge in [-0.1, -0.05) is 12.1 Å². The van der Waals surface area contributed by atoms with Gasteiger partial charge in [0.1, 0.15) is 14.9 Å². The molecular formula is C18H13FN2O5S2. The number of thiophene rings is 1. The molecule has 1 aromatic heterocycles. The fourth-order valence-corrected chi connectivity index (χ4v) is 4.50. The Hall–Kier alpha value is -3.24. The van der Waals surface area contributed by atoms with Gasteiger partial charge in [0.15, 0.2) is 0 Å². The van der Waals surface area contributed by atoms with Gasteiger partial charge >= 0.3 is 5.97 Å². The molecule has 0 fully saturated rings. The number of carboxylic acid groups (broad SMARTS) is 1. The number of benzene rings is 2. The van der Waals surface area contributed by atoms with Crippen LogP contribution in [0.15, 0.2) is 64.9 Å². The lowest BCUT2D eigenvalue weighted by molar-refractivity contribution is 0.0702. The average Bonchev–Trinajstić information content (AvgIpc) is 3.15. The molecule has 0 unspecified atom stereocenters. The van der Waals surface area contributed by atoms with Crippen LogP contribution in [0.4, 0.5) is 15.8 Å². The number of rotatable bonds is 6. The van der Waals surface area contributed by atoms with Gasteiger partial charge in [0.25, 0.3) is 15.9 Å². The van der Waals surface area contributed by atoms with Crippen LogP contribution in [0.3, 0.4) is 0 Å². The number of para-hydroxylation sites is 1. The Morgan fingerprint density at radius 2 is 1.64 bits per heavy atom. The molecule has 0 aliphatic carbocycles. The fourth-order valence-electron chi connectivity index (χ4n) is 2.28. The van der Waals surface area contributed by atoms with Crippen molar-refractivity contribution in [2.24, 2.45) is 0 Å². The third-order valence-corrected chi connectivity index (χ3v) is 6.51. The van der Waals surface area contributed by atoms with Crippen molar-refractivity contribution in [3.8, 4) is 0 Å². The number of anilines is 2. The highest BCUT2D eigenvalue weighted by molar-refractivity contribution is 7.94. The van der Waals surface area contributed by atoms with Crippen LogP contribution in [0, 0.1) is 5.82 Å². The van der Waals surface area contributed by atoms with Crippen molar-refractivity contribution in [2.75, 3.05) is 10.0 Å². The summed E-state index contributed by atoms with van der Waals surface area (Å²) >= 11 is 0.599. The van der Waals surface area contributed by atoms with Gasteiger partial charge in [-0.25, -0.2) is 17.6 Å². The van der Waals surface area contributed by atoms with Crippen molar-refractivity contribution < 1.29 is 27.5 Å². The predicted octanol–water partition coefficient (Wildman–Crippen LogP) is 3.64. The Kier molecular flexibility index (Phi) is 5.43. The molecule has 2 aromatic carbocycles. The van der Waals surface area contributed by atoms with E-state index in [1.165, 1.54) is 48.5 Å². The van der Waals surface area contributed by atoms with Crippen molar-refractivity contribution in [3.63, 3.8) is 0 Å². The number of carbonyl (C=O) groups is 2. The highest BCUT2D eigenvalue weighted by Crippen LogP contribution is 2.26. The lowest BCUT2D eigenvalue weighted by atomic mass is 10.1. The van der Waals surface area contributed by atoms with Crippen LogP contribution in [-0.4, -0.2) is 25.4 Å². The van der Waals surface area contributed by atoms with E-state index in [1.807, 2.05) is 0 Å². The summed E-state index contributed by atoms with van der Waals surface area (Å²) in [7, 11) is -4.08. The Labute approximate surface area is 163 Å². The lowest BCUT2D eigenvalue weighted by Crippen LogP contribution is -2.18. The van der Waals surface area contributed by atoms with E-state index in [-0.39, 0.29) is 20.3 Å². The largest absolute Gasteiger partial charge is 0.477 e. The van der Waals surface area contributed by atoms with Crippen molar-refractivity contribution in [3.05, 3.63) is 76.9 Å². The smallest absolute Gasteiger partial charge is 0.345 e. The zero-order chi connectivity index (χ0) is 20.3. The number of carboxylic acids is 1. The number of aromatic carboxylic acids is 1. The molecule has 0 bridgehead atoms. The van der Waals surface area contributed by atoms with E-state index >= 15 is 0 Å². The van der Waals surface area contributed by atoms with E-state index in [2.05, 4.69) is 10.0 Å². The minimum Gasteiger partial charge on any atom is -0.477 e. The molecule has 3 rings (SSSR count). The third-order valence-electron chi connectivity index (χ3n) is 3.58. The van der Waals surface area contributed by atoms with Crippen molar-refractivity contribution in [1.29, 1.82) is 0 Å². The van der Waals surface area contributed by atoms with Gasteiger partial charge in [-0.2, -0.15) is 0 Å². The lowest BCUT2D eigenvalue weighted by Gasteiger charge is -2.12. The maximum absolute atomic E-state index is 13.0. The molecule has 28 heavy (non-hydrogen) atoms.